The third-order valence-corrected chi connectivity index (χ3v) is 4.48. The van der Waals surface area contributed by atoms with Crippen molar-refractivity contribution in [1.29, 1.82) is 0 Å². The summed E-state index contributed by atoms with van der Waals surface area (Å²) >= 11 is 3.38. The van der Waals surface area contributed by atoms with Crippen molar-refractivity contribution in [3.05, 3.63) is 16.7 Å². The Morgan fingerprint density at radius 1 is 1.39 bits per heavy atom. The average Bonchev–Trinajstić information content (AvgIpc) is 2.80. The molecule has 98 valence electrons. The van der Waals surface area contributed by atoms with E-state index in [0.29, 0.717) is 6.04 Å². The molecule has 3 rings (SSSR count). The normalized spacial score (nSPS) is 28.1. The van der Waals surface area contributed by atoms with Crippen LogP contribution in [0, 0.1) is 0 Å². The van der Waals surface area contributed by atoms with Gasteiger partial charge in [-0.25, -0.2) is 4.98 Å². The molecule has 0 aliphatic carbocycles. The van der Waals surface area contributed by atoms with Crippen molar-refractivity contribution in [2.75, 3.05) is 24.1 Å². The van der Waals surface area contributed by atoms with Crippen molar-refractivity contribution < 1.29 is 0 Å². The standard InChI is InChI=1S/C13H19BrN4/c14-9-6-12(15)13(16-8-9)17-10-3-5-18-4-1-2-11(18)7-10/h6,8,10-11H,1-5,7,15H2,(H,16,17). The van der Waals surface area contributed by atoms with Crippen LogP contribution in [0.4, 0.5) is 11.5 Å². The van der Waals surface area contributed by atoms with Crippen molar-refractivity contribution in [3.63, 3.8) is 0 Å². The average molecular weight is 311 g/mol. The van der Waals surface area contributed by atoms with Gasteiger partial charge in [0.25, 0.3) is 0 Å². The number of halogens is 1. The van der Waals surface area contributed by atoms with Crippen molar-refractivity contribution in [1.82, 2.24) is 9.88 Å². The smallest absolute Gasteiger partial charge is 0.149 e. The minimum Gasteiger partial charge on any atom is -0.396 e. The van der Waals surface area contributed by atoms with E-state index in [1.165, 1.54) is 38.8 Å². The Hall–Kier alpha value is -0.810. The second-order valence-electron chi connectivity index (χ2n) is 5.29. The van der Waals surface area contributed by atoms with Crippen LogP contribution in [0.5, 0.6) is 0 Å². The fraction of sp³-hybridized carbons (Fsp3) is 0.615. The molecule has 1 aromatic heterocycles. The van der Waals surface area contributed by atoms with Crippen LogP contribution >= 0.6 is 15.9 Å². The summed E-state index contributed by atoms with van der Waals surface area (Å²) in [7, 11) is 0. The summed E-state index contributed by atoms with van der Waals surface area (Å²) in [4.78, 5) is 6.98. The lowest BCUT2D eigenvalue weighted by Gasteiger charge is -2.35. The van der Waals surface area contributed by atoms with Crippen LogP contribution in [0.2, 0.25) is 0 Å². The molecular weight excluding hydrogens is 292 g/mol. The fourth-order valence-electron chi connectivity index (χ4n) is 3.12. The van der Waals surface area contributed by atoms with Crippen LogP contribution in [0.25, 0.3) is 0 Å². The van der Waals surface area contributed by atoms with Gasteiger partial charge in [0.15, 0.2) is 0 Å². The Kier molecular flexibility index (Phi) is 3.43. The van der Waals surface area contributed by atoms with Gasteiger partial charge in [0.1, 0.15) is 5.82 Å². The summed E-state index contributed by atoms with van der Waals surface area (Å²) in [6, 6.07) is 3.19. The zero-order valence-corrected chi connectivity index (χ0v) is 12.0. The van der Waals surface area contributed by atoms with E-state index in [4.69, 9.17) is 5.73 Å². The van der Waals surface area contributed by atoms with E-state index in [9.17, 15) is 0 Å². The molecule has 2 fully saturated rings. The number of hydrogen-bond donors (Lipinski definition) is 2. The lowest BCUT2D eigenvalue weighted by atomic mass is 9.97. The van der Waals surface area contributed by atoms with Crippen molar-refractivity contribution in [3.8, 4) is 0 Å². The number of piperidine rings is 1. The first-order chi connectivity index (χ1) is 8.72. The largest absolute Gasteiger partial charge is 0.396 e. The van der Waals surface area contributed by atoms with Crippen LogP contribution in [-0.4, -0.2) is 35.1 Å². The van der Waals surface area contributed by atoms with Gasteiger partial charge in [-0.1, -0.05) is 0 Å². The predicted octanol–water partition coefficient (Wildman–Crippen LogP) is 2.47. The van der Waals surface area contributed by atoms with Gasteiger partial charge in [0.2, 0.25) is 0 Å². The molecule has 3 heterocycles. The minimum absolute atomic E-state index is 0.514. The molecule has 4 nitrogen and oxygen atoms in total. The molecule has 2 aliphatic rings. The number of hydrogen-bond acceptors (Lipinski definition) is 4. The summed E-state index contributed by atoms with van der Waals surface area (Å²) < 4.78 is 0.927. The second-order valence-corrected chi connectivity index (χ2v) is 6.20. The Bertz CT molecular complexity index is 437. The van der Waals surface area contributed by atoms with E-state index in [0.717, 1.165) is 22.0 Å². The van der Waals surface area contributed by atoms with Crippen LogP contribution in [0.1, 0.15) is 25.7 Å². The zero-order chi connectivity index (χ0) is 12.5. The minimum atomic E-state index is 0.514. The molecule has 0 amide bonds. The molecule has 2 unspecified atom stereocenters. The van der Waals surface area contributed by atoms with Gasteiger partial charge in [-0.05, 0) is 54.2 Å². The molecule has 2 atom stereocenters. The molecule has 0 aromatic carbocycles. The highest BCUT2D eigenvalue weighted by molar-refractivity contribution is 9.10. The Labute approximate surface area is 116 Å². The first-order valence-corrected chi connectivity index (χ1v) is 7.43. The molecule has 3 N–H and O–H groups in total. The molecule has 5 heteroatoms. The first kappa shape index (κ1) is 12.2. The summed E-state index contributed by atoms with van der Waals surface area (Å²) in [6.07, 6.45) is 6.91. The Morgan fingerprint density at radius 3 is 3.11 bits per heavy atom. The number of nitrogens with two attached hydrogens (primary N) is 1. The van der Waals surface area contributed by atoms with Crippen LogP contribution in [0.3, 0.4) is 0 Å². The highest BCUT2D eigenvalue weighted by Crippen LogP contribution is 2.29. The summed E-state index contributed by atoms with van der Waals surface area (Å²) in [5, 5.41) is 3.51. The Morgan fingerprint density at radius 2 is 2.28 bits per heavy atom. The number of nitrogens with zero attached hydrogens (tertiary/aromatic N) is 2. The van der Waals surface area contributed by atoms with Crippen LogP contribution < -0.4 is 11.1 Å². The van der Waals surface area contributed by atoms with Gasteiger partial charge in [-0.15, -0.1) is 0 Å². The molecule has 0 saturated carbocycles. The molecule has 2 saturated heterocycles. The van der Waals surface area contributed by atoms with Crippen molar-refractivity contribution >= 4 is 27.4 Å². The maximum absolute atomic E-state index is 5.98. The van der Waals surface area contributed by atoms with E-state index in [2.05, 4.69) is 31.1 Å². The summed E-state index contributed by atoms with van der Waals surface area (Å²) in [5.74, 6) is 0.828. The van der Waals surface area contributed by atoms with Gasteiger partial charge < -0.3 is 16.0 Å². The van der Waals surface area contributed by atoms with Gasteiger partial charge in [-0.2, -0.15) is 0 Å². The van der Waals surface area contributed by atoms with E-state index in [1.807, 2.05) is 6.07 Å². The van der Waals surface area contributed by atoms with Gasteiger partial charge in [0, 0.05) is 29.3 Å². The van der Waals surface area contributed by atoms with Gasteiger partial charge >= 0.3 is 0 Å². The quantitative estimate of drug-likeness (QED) is 0.881. The fourth-order valence-corrected chi connectivity index (χ4v) is 3.47. The highest BCUT2D eigenvalue weighted by Gasteiger charge is 2.31. The van der Waals surface area contributed by atoms with E-state index in [-0.39, 0.29) is 0 Å². The number of pyridine rings is 1. The zero-order valence-electron chi connectivity index (χ0n) is 10.4. The number of rotatable bonds is 2. The monoisotopic (exact) mass is 310 g/mol. The van der Waals surface area contributed by atoms with E-state index < -0.39 is 0 Å². The number of nitrogen functional groups attached to an aromatic ring is 1. The topological polar surface area (TPSA) is 54.2 Å². The Balaban J connectivity index is 1.66. The molecular formula is C13H19BrN4. The summed E-state index contributed by atoms with van der Waals surface area (Å²) in [5.41, 5.74) is 6.70. The maximum Gasteiger partial charge on any atom is 0.149 e. The SMILES string of the molecule is Nc1cc(Br)cnc1NC1CCN2CCCC2C1. The second kappa shape index (κ2) is 5.05. The number of nitrogens with one attached hydrogen (secondary N) is 1. The third kappa shape index (κ3) is 2.47. The number of anilines is 2. The predicted molar refractivity (Wildman–Crippen MR) is 77.6 cm³/mol. The van der Waals surface area contributed by atoms with Crippen LogP contribution in [0.15, 0.2) is 16.7 Å². The van der Waals surface area contributed by atoms with E-state index in [1.54, 1.807) is 6.20 Å². The lowest BCUT2D eigenvalue weighted by Crippen LogP contribution is -2.42. The molecule has 1 aromatic rings. The number of aromatic nitrogens is 1. The molecule has 0 bridgehead atoms. The van der Waals surface area contributed by atoms with Crippen LogP contribution in [-0.2, 0) is 0 Å². The maximum atomic E-state index is 5.98. The molecule has 2 aliphatic heterocycles. The molecule has 18 heavy (non-hydrogen) atoms. The number of fused-ring (bicyclic) bond motifs is 1. The molecule has 0 spiro atoms. The summed E-state index contributed by atoms with van der Waals surface area (Å²) in [6.45, 7) is 2.49. The third-order valence-electron chi connectivity index (χ3n) is 4.05. The van der Waals surface area contributed by atoms with Crippen molar-refractivity contribution in [2.24, 2.45) is 0 Å². The van der Waals surface area contributed by atoms with Crippen molar-refractivity contribution in [2.45, 2.75) is 37.8 Å². The first-order valence-electron chi connectivity index (χ1n) is 6.64. The van der Waals surface area contributed by atoms with E-state index >= 15 is 0 Å². The highest BCUT2D eigenvalue weighted by atomic mass is 79.9. The van der Waals surface area contributed by atoms with Gasteiger partial charge in [0.05, 0.1) is 5.69 Å². The lowest BCUT2D eigenvalue weighted by molar-refractivity contribution is 0.188. The molecule has 0 radical (unpaired) electrons. The van der Waals surface area contributed by atoms with Gasteiger partial charge in [-0.3, -0.25) is 0 Å².